The summed E-state index contributed by atoms with van der Waals surface area (Å²) in [5.74, 6) is 1.55. The van der Waals surface area contributed by atoms with E-state index in [4.69, 9.17) is 4.74 Å². The number of likely N-dealkylation sites (tertiary alicyclic amines) is 1. The normalized spacial score (nSPS) is 20.2. The third-order valence-electron chi connectivity index (χ3n) is 4.47. The number of nitrogens with zero attached hydrogens (tertiary/aromatic N) is 1. The summed E-state index contributed by atoms with van der Waals surface area (Å²) >= 11 is 0. The lowest BCUT2D eigenvalue weighted by atomic mass is 10.0. The first-order valence-electron chi connectivity index (χ1n) is 7.91. The van der Waals surface area contributed by atoms with Crippen LogP contribution in [-0.4, -0.2) is 37.0 Å². The van der Waals surface area contributed by atoms with E-state index >= 15 is 0 Å². The minimum Gasteiger partial charge on any atom is -0.496 e. The summed E-state index contributed by atoms with van der Waals surface area (Å²) in [6, 6.07) is 8.56. The number of carbonyl (C=O) groups is 1. The molecular weight excluding hydrogens is 264 g/mol. The Morgan fingerprint density at radius 2 is 1.95 bits per heavy atom. The van der Waals surface area contributed by atoms with Gasteiger partial charge in [0.25, 0.3) is 0 Å². The zero-order valence-electron chi connectivity index (χ0n) is 12.7. The predicted octanol–water partition coefficient (Wildman–Crippen LogP) is 2.19. The van der Waals surface area contributed by atoms with Crippen molar-refractivity contribution in [3.8, 4) is 5.75 Å². The monoisotopic (exact) mass is 288 g/mol. The lowest BCUT2D eigenvalue weighted by Crippen LogP contribution is -2.44. The molecule has 4 nitrogen and oxygen atoms in total. The highest BCUT2D eigenvalue weighted by Gasteiger charge is 2.31. The molecule has 21 heavy (non-hydrogen) atoms. The quantitative estimate of drug-likeness (QED) is 0.903. The molecule has 1 amide bonds. The van der Waals surface area contributed by atoms with Crippen molar-refractivity contribution in [2.75, 3.05) is 20.2 Å². The van der Waals surface area contributed by atoms with Gasteiger partial charge in [-0.2, -0.15) is 0 Å². The Morgan fingerprint density at radius 1 is 1.24 bits per heavy atom. The zero-order valence-corrected chi connectivity index (χ0v) is 12.7. The number of benzene rings is 1. The number of ether oxygens (including phenoxy) is 1. The average Bonchev–Trinajstić information content (AvgIpc) is 3.34. The van der Waals surface area contributed by atoms with Gasteiger partial charge in [-0.05, 0) is 31.7 Å². The lowest BCUT2D eigenvalue weighted by Gasteiger charge is -2.32. The van der Waals surface area contributed by atoms with Crippen LogP contribution in [0.5, 0.6) is 5.75 Å². The molecule has 2 fully saturated rings. The molecule has 1 aromatic rings. The van der Waals surface area contributed by atoms with Gasteiger partial charge in [-0.25, -0.2) is 0 Å². The van der Waals surface area contributed by atoms with Gasteiger partial charge in [-0.15, -0.1) is 0 Å². The van der Waals surface area contributed by atoms with E-state index in [-0.39, 0.29) is 5.91 Å². The van der Waals surface area contributed by atoms with Gasteiger partial charge in [0.15, 0.2) is 0 Å². The van der Waals surface area contributed by atoms with Gasteiger partial charge < -0.3 is 10.1 Å². The molecule has 1 heterocycles. The first-order chi connectivity index (χ1) is 10.3. The van der Waals surface area contributed by atoms with Crippen molar-refractivity contribution in [3.63, 3.8) is 0 Å². The smallest absolute Gasteiger partial charge is 0.223 e. The highest BCUT2D eigenvalue weighted by molar-refractivity contribution is 5.81. The van der Waals surface area contributed by atoms with Crippen molar-refractivity contribution < 1.29 is 9.53 Å². The van der Waals surface area contributed by atoms with Gasteiger partial charge in [-0.3, -0.25) is 9.69 Å². The number of carbonyl (C=O) groups excluding carboxylic acids is 1. The van der Waals surface area contributed by atoms with E-state index in [0.717, 1.165) is 51.1 Å². The van der Waals surface area contributed by atoms with Gasteiger partial charge in [0.1, 0.15) is 5.75 Å². The highest BCUT2D eigenvalue weighted by Crippen LogP contribution is 2.29. The van der Waals surface area contributed by atoms with Crippen LogP contribution in [0.3, 0.4) is 0 Å². The molecule has 0 aromatic heterocycles. The number of nitrogens with one attached hydrogen (secondary N) is 1. The van der Waals surface area contributed by atoms with Gasteiger partial charge in [0, 0.05) is 37.2 Å². The van der Waals surface area contributed by atoms with Gasteiger partial charge in [0.2, 0.25) is 5.91 Å². The van der Waals surface area contributed by atoms with Crippen LogP contribution in [0.4, 0.5) is 0 Å². The molecule has 1 aliphatic carbocycles. The topological polar surface area (TPSA) is 41.6 Å². The molecule has 3 rings (SSSR count). The maximum absolute atomic E-state index is 11.8. The molecule has 1 aliphatic heterocycles. The molecule has 0 radical (unpaired) electrons. The second-order valence-electron chi connectivity index (χ2n) is 6.15. The summed E-state index contributed by atoms with van der Waals surface area (Å²) in [5.41, 5.74) is 1.24. The third kappa shape index (κ3) is 3.76. The standard InChI is InChI=1S/C17H24N2O2/c1-21-16-5-3-2-4-14(16)12-19-10-8-15(9-11-19)18-17(20)13-6-7-13/h2-5,13,15H,6-12H2,1H3,(H,18,20). The van der Waals surface area contributed by atoms with Gasteiger partial charge in [-0.1, -0.05) is 18.2 Å². The second kappa shape index (κ2) is 6.48. The van der Waals surface area contributed by atoms with Crippen LogP contribution in [0.25, 0.3) is 0 Å². The molecule has 1 saturated carbocycles. The average molecular weight is 288 g/mol. The Morgan fingerprint density at radius 3 is 2.62 bits per heavy atom. The zero-order chi connectivity index (χ0) is 14.7. The largest absolute Gasteiger partial charge is 0.496 e. The number of para-hydroxylation sites is 1. The highest BCUT2D eigenvalue weighted by atomic mass is 16.5. The Hall–Kier alpha value is -1.55. The van der Waals surface area contributed by atoms with Crippen molar-refractivity contribution in [1.82, 2.24) is 10.2 Å². The molecular formula is C17H24N2O2. The SMILES string of the molecule is COc1ccccc1CN1CCC(NC(=O)C2CC2)CC1. The van der Waals surface area contributed by atoms with E-state index in [1.165, 1.54) is 5.56 Å². The van der Waals surface area contributed by atoms with Crippen molar-refractivity contribution in [3.05, 3.63) is 29.8 Å². The van der Waals surface area contributed by atoms with Crippen molar-refractivity contribution in [1.29, 1.82) is 0 Å². The summed E-state index contributed by atoms with van der Waals surface area (Å²) in [7, 11) is 1.72. The molecule has 1 saturated heterocycles. The van der Waals surface area contributed by atoms with E-state index < -0.39 is 0 Å². The van der Waals surface area contributed by atoms with Crippen LogP contribution in [0.15, 0.2) is 24.3 Å². The summed E-state index contributed by atoms with van der Waals surface area (Å²) in [4.78, 5) is 14.2. The Kier molecular flexibility index (Phi) is 4.44. The van der Waals surface area contributed by atoms with Gasteiger partial charge >= 0.3 is 0 Å². The third-order valence-corrected chi connectivity index (χ3v) is 4.47. The van der Waals surface area contributed by atoms with Crippen LogP contribution in [0.1, 0.15) is 31.2 Å². The minimum absolute atomic E-state index is 0.276. The van der Waals surface area contributed by atoms with Crippen molar-refractivity contribution in [2.45, 2.75) is 38.3 Å². The first-order valence-corrected chi connectivity index (χ1v) is 7.91. The number of amides is 1. The maximum atomic E-state index is 11.8. The summed E-state index contributed by atoms with van der Waals surface area (Å²) in [6.07, 6.45) is 4.26. The van der Waals surface area contributed by atoms with E-state index in [1.54, 1.807) is 7.11 Å². The van der Waals surface area contributed by atoms with Crippen LogP contribution < -0.4 is 10.1 Å². The Balaban J connectivity index is 1.48. The summed E-state index contributed by atoms with van der Waals surface area (Å²) in [6.45, 7) is 2.99. The molecule has 4 heteroatoms. The molecule has 1 aromatic carbocycles. The molecule has 1 N–H and O–H groups in total. The molecule has 0 spiro atoms. The fourth-order valence-corrected chi connectivity index (χ4v) is 2.97. The molecule has 114 valence electrons. The number of hydrogen-bond acceptors (Lipinski definition) is 3. The van der Waals surface area contributed by atoms with Crippen LogP contribution in [-0.2, 0) is 11.3 Å². The summed E-state index contributed by atoms with van der Waals surface area (Å²) in [5, 5.41) is 3.20. The van der Waals surface area contributed by atoms with E-state index in [9.17, 15) is 4.79 Å². The maximum Gasteiger partial charge on any atom is 0.223 e. The fourth-order valence-electron chi connectivity index (χ4n) is 2.97. The van der Waals surface area contributed by atoms with E-state index in [2.05, 4.69) is 22.3 Å². The first kappa shape index (κ1) is 14.4. The fraction of sp³-hybridized carbons (Fsp3) is 0.588. The van der Waals surface area contributed by atoms with Crippen molar-refractivity contribution in [2.24, 2.45) is 5.92 Å². The molecule has 0 atom stereocenters. The van der Waals surface area contributed by atoms with Crippen LogP contribution in [0, 0.1) is 5.92 Å². The number of methoxy groups -OCH3 is 1. The molecule has 2 aliphatic rings. The summed E-state index contributed by atoms with van der Waals surface area (Å²) < 4.78 is 5.41. The van der Waals surface area contributed by atoms with Crippen LogP contribution >= 0.6 is 0 Å². The van der Waals surface area contributed by atoms with Crippen LogP contribution in [0.2, 0.25) is 0 Å². The Labute approximate surface area is 126 Å². The van der Waals surface area contributed by atoms with E-state index in [1.807, 2.05) is 12.1 Å². The second-order valence-corrected chi connectivity index (χ2v) is 6.15. The number of hydrogen-bond donors (Lipinski definition) is 1. The number of piperidine rings is 1. The Bertz CT molecular complexity index is 491. The predicted molar refractivity (Wildman–Crippen MR) is 82.2 cm³/mol. The van der Waals surface area contributed by atoms with E-state index in [0.29, 0.717) is 12.0 Å². The minimum atomic E-state index is 0.276. The molecule has 0 unspecified atom stereocenters. The van der Waals surface area contributed by atoms with Gasteiger partial charge in [0.05, 0.1) is 7.11 Å². The number of rotatable bonds is 5. The molecule has 0 bridgehead atoms. The van der Waals surface area contributed by atoms with Crippen molar-refractivity contribution >= 4 is 5.91 Å². The lowest BCUT2D eigenvalue weighted by molar-refractivity contribution is -0.123.